The van der Waals surface area contributed by atoms with Crippen molar-refractivity contribution in [3.8, 4) is 11.3 Å². The van der Waals surface area contributed by atoms with E-state index in [1.165, 1.54) is 31.9 Å². The maximum Gasteiger partial charge on any atom is 0.337 e. The minimum absolute atomic E-state index is 0.256. The standard InChI is InChI=1S/C27H27NO4/c1-16-8-9-18-13-20(26(29)30)15-28-23-14-19(27(31)32-2)10-11-21(23)24(25(28)22(18)12-16)17-6-4-3-5-7-17/h8-14,17H,3-7,15H2,1-2H3,(H,29,30). The number of carboxylic acid groups (broad SMARTS) is 1. The summed E-state index contributed by atoms with van der Waals surface area (Å²) in [5.41, 5.74) is 7.23. The van der Waals surface area contributed by atoms with E-state index in [0.29, 0.717) is 17.1 Å². The van der Waals surface area contributed by atoms with Gasteiger partial charge in [0.1, 0.15) is 0 Å². The molecular weight excluding hydrogens is 402 g/mol. The van der Waals surface area contributed by atoms with Crippen LogP contribution < -0.4 is 0 Å². The number of benzene rings is 2. The van der Waals surface area contributed by atoms with E-state index in [1.54, 1.807) is 6.08 Å². The zero-order valence-corrected chi connectivity index (χ0v) is 18.5. The first-order valence-corrected chi connectivity index (χ1v) is 11.3. The number of aryl methyl sites for hydroxylation is 1. The summed E-state index contributed by atoms with van der Waals surface area (Å²) in [5.74, 6) is -0.888. The Morgan fingerprint density at radius 1 is 1.06 bits per heavy atom. The molecule has 0 atom stereocenters. The summed E-state index contributed by atoms with van der Waals surface area (Å²) < 4.78 is 7.06. The number of rotatable bonds is 3. The average molecular weight is 430 g/mol. The van der Waals surface area contributed by atoms with E-state index >= 15 is 0 Å². The van der Waals surface area contributed by atoms with Crippen LogP contribution in [-0.4, -0.2) is 28.7 Å². The van der Waals surface area contributed by atoms with Crippen LogP contribution in [0.2, 0.25) is 0 Å². The molecule has 1 aliphatic carbocycles. The Labute approximate surface area is 187 Å². The number of esters is 1. The fourth-order valence-corrected chi connectivity index (χ4v) is 5.41. The van der Waals surface area contributed by atoms with Crippen LogP contribution in [0.1, 0.15) is 65.1 Å². The number of fused-ring (bicyclic) bond motifs is 5. The lowest BCUT2D eigenvalue weighted by molar-refractivity contribution is -0.132. The maximum atomic E-state index is 12.3. The molecule has 0 amide bonds. The molecule has 5 nitrogen and oxygen atoms in total. The van der Waals surface area contributed by atoms with Crippen LogP contribution >= 0.6 is 0 Å². The first-order chi connectivity index (χ1) is 15.5. The first kappa shape index (κ1) is 20.6. The second kappa shape index (κ2) is 7.97. The van der Waals surface area contributed by atoms with Gasteiger partial charge in [0.05, 0.1) is 30.5 Å². The predicted octanol–water partition coefficient (Wildman–Crippen LogP) is 5.93. The Kier molecular flexibility index (Phi) is 5.12. The Balaban J connectivity index is 1.87. The van der Waals surface area contributed by atoms with E-state index in [9.17, 15) is 14.7 Å². The van der Waals surface area contributed by atoms with Crippen LogP contribution in [0.4, 0.5) is 0 Å². The van der Waals surface area contributed by atoms with Crippen molar-refractivity contribution in [2.24, 2.45) is 0 Å². The molecule has 2 heterocycles. The molecule has 1 aromatic heterocycles. The smallest absolute Gasteiger partial charge is 0.337 e. The van der Waals surface area contributed by atoms with Crippen molar-refractivity contribution in [2.75, 3.05) is 7.11 Å². The van der Waals surface area contributed by atoms with Crippen molar-refractivity contribution in [3.05, 3.63) is 64.2 Å². The summed E-state index contributed by atoms with van der Waals surface area (Å²) in [7, 11) is 1.38. The largest absolute Gasteiger partial charge is 0.478 e. The molecule has 1 aliphatic heterocycles. The van der Waals surface area contributed by atoms with E-state index in [4.69, 9.17) is 4.74 Å². The molecule has 2 aromatic carbocycles. The van der Waals surface area contributed by atoms with Gasteiger partial charge in [-0.15, -0.1) is 0 Å². The second-order valence-corrected chi connectivity index (χ2v) is 8.97. The molecule has 2 aliphatic rings. The SMILES string of the molecule is COC(=O)c1ccc2c(C3CCCCC3)c3n(c2c1)CC(C(=O)O)=Cc1ccc(C)cc1-3. The number of hydrogen-bond acceptors (Lipinski definition) is 3. The van der Waals surface area contributed by atoms with Crippen LogP contribution in [0.5, 0.6) is 0 Å². The summed E-state index contributed by atoms with van der Waals surface area (Å²) in [5, 5.41) is 11.0. The molecule has 164 valence electrons. The fraction of sp³-hybridized carbons (Fsp3) is 0.333. The van der Waals surface area contributed by atoms with E-state index < -0.39 is 5.97 Å². The molecular formula is C27H27NO4. The topological polar surface area (TPSA) is 68.5 Å². The van der Waals surface area contributed by atoms with E-state index in [2.05, 4.69) is 17.6 Å². The van der Waals surface area contributed by atoms with Crippen molar-refractivity contribution in [1.82, 2.24) is 4.57 Å². The molecule has 0 saturated heterocycles. The van der Waals surface area contributed by atoms with Crippen molar-refractivity contribution in [1.29, 1.82) is 0 Å². The third-order valence-corrected chi connectivity index (χ3v) is 6.94. The second-order valence-electron chi connectivity index (χ2n) is 8.97. The Morgan fingerprint density at radius 3 is 2.56 bits per heavy atom. The van der Waals surface area contributed by atoms with Gasteiger partial charge < -0.3 is 14.4 Å². The monoisotopic (exact) mass is 429 g/mol. The fourth-order valence-electron chi connectivity index (χ4n) is 5.41. The summed E-state index contributed by atoms with van der Waals surface area (Å²) in [6, 6.07) is 11.9. The lowest BCUT2D eigenvalue weighted by Gasteiger charge is -2.24. The van der Waals surface area contributed by atoms with Gasteiger partial charge in [-0.1, -0.05) is 43.0 Å². The average Bonchev–Trinajstić information content (AvgIpc) is 3.02. The van der Waals surface area contributed by atoms with E-state index in [-0.39, 0.29) is 12.5 Å². The number of ether oxygens (including phenoxy) is 1. The number of methoxy groups -OCH3 is 1. The van der Waals surface area contributed by atoms with Crippen LogP contribution in [0.3, 0.4) is 0 Å². The van der Waals surface area contributed by atoms with Crippen LogP contribution in [0, 0.1) is 6.92 Å². The Bertz CT molecular complexity index is 1270. The number of aromatic nitrogens is 1. The number of carbonyl (C=O) groups is 2. The van der Waals surface area contributed by atoms with E-state index in [0.717, 1.165) is 46.1 Å². The summed E-state index contributed by atoms with van der Waals surface area (Å²) in [6.45, 7) is 2.32. The molecule has 32 heavy (non-hydrogen) atoms. The van der Waals surface area contributed by atoms with Crippen molar-refractivity contribution in [3.63, 3.8) is 0 Å². The van der Waals surface area contributed by atoms with Gasteiger partial charge in [0.2, 0.25) is 0 Å². The van der Waals surface area contributed by atoms with Gasteiger partial charge in [0.15, 0.2) is 0 Å². The van der Waals surface area contributed by atoms with Crippen molar-refractivity contribution in [2.45, 2.75) is 51.5 Å². The van der Waals surface area contributed by atoms with Crippen molar-refractivity contribution < 1.29 is 19.4 Å². The van der Waals surface area contributed by atoms with Gasteiger partial charge in [0.25, 0.3) is 0 Å². The molecule has 1 N–H and O–H groups in total. The highest BCUT2D eigenvalue weighted by atomic mass is 16.5. The van der Waals surface area contributed by atoms with Gasteiger partial charge in [0, 0.05) is 16.5 Å². The number of nitrogens with zero attached hydrogens (tertiary/aromatic N) is 1. The number of carboxylic acids is 1. The highest BCUT2D eigenvalue weighted by Crippen LogP contribution is 2.46. The molecule has 5 rings (SSSR count). The van der Waals surface area contributed by atoms with Crippen LogP contribution in [0.15, 0.2) is 42.0 Å². The Hall–Kier alpha value is -3.34. The molecule has 0 unspecified atom stereocenters. The molecule has 0 bridgehead atoms. The zero-order chi connectivity index (χ0) is 22.4. The lowest BCUT2D eigenvalue weighted by atomic mass is 9.81. The number of hydrogen-bond donors (Lipinski definition) is 1. The first-order valence-electron chi connectivity index (χ1n) is 11.3. The highest BCUT2D eigenvalue weighted by molar-refractivity contribution is 6.02. The molecule has 0 spiro atoms. The summed E-state index contributed by atoms with van der Waals surface area (Å²) >= 11 is 0. The molecule has 5 heteroatoms. The molecule has 1 saturated carbocycles. The van der Waals surface area contributed by atoms with Gasteiger partial charge in [-0.2, -0.15) is 0 Å². The third-order valence-electron chi connectivity index (χ3n) is 6.94. The van der Waals surface area contributed by atoms with Gasteiger partial charge in [-0.05, 0) is 61.1 Å². The molecule has 3 aromatic rings. The van der Waals surface area contributed by atoms with Gasteiger partial charge in [-0.25, -0.2) is 9.59 Å². The quantitative estimate of drug-likeness (QED) is 0.524. The Morgan fingerprint density at radius 2 is 1.84 bits per heavy atom. The zero-order valence-electron chi connectivity index (χ0n) is 18.5. The normalized spacial score (nSPS) is 16.1. The van der Waals surface area contributed by atoms with Crippen LogP contribution in [0.25, 0.3) is 28.2 Å². The lowest BCUT2D eigenvalue weighted by Crippen LogP contribution is -2.10. The highest BCUT2D eigenvalue weighted by Gasteiger charge is 2.30. The third kappa shape index (κ3) is 3.32. The van der Waals surface area contributed by atoms with E-state index in [1.807, 2.05) is 30.3 Å². The van der Waals surface area contributed by atoms with Gasteiger partial charge >= 0.3 is 11.9 Å². The maximum absolute atomic E-state index is 12.3. The number of aliphatic carboxylic acids is 1. The predicted molar refractivity (Wildman–Crippen MR) is 125 cm³/mol. The summed E-state index contributed by atoms with van der Waals surface area (Å²) in [6.07, 6.45) is 7.73. The van der Waals surface area contributed by atoms with Crippen molar-refractivity contribution >= 4 is 28.9 Å². The minimum atomic E-state index is -0.922. The number of carbonyl (C=O) groups excluding carboxylic acids is 1. The van der Waals surface area contributed by atoms with Gasteiger partial charge in [-0.3, -0.25) is 0 Å². The summed E-state index contributed by atoms with van der Waals surface area (Å²) in [4.78, 5) is 24.4. The molecule has 0 radical (unpaired) electrons. The minimum Gasteiger partial charge on any atom is -0.478 e. The van der Waals surface area contributed by atoms with Crippen LogP contribution in [-0.2, 0) is 16.1 Å². The molecule has 1 fully saturated rings.